The van der Waals surface area contributed by atoms with Gasteiger partial charge in [0.15, 0.2) is 0 Å². The van der Waals surface area contributed by atoms with E-state index in [1.807, 2.05) is 0 Å². The molecule has 2 aliphatic rings. The molecule has 2 fully saturated rings. The van der Waals surface area contributed by atoms with Crippen molar-refractivity contribution in [3.63, 3.8) is 0 Å². The molecule has 2 rings (SSSR count). The van der Waals surface area contributed by atoms with Crippen LogP contribution in [0.4, 0.5) is 0 Å². The first kappa shape index (κ1) is 13.7. The third-order valence-electron chi connectivity index (χ3n) is 5.38. The second-order valence-electron chi connectivity index (χ2n) is 6.32. The molecule has 0 unspecified atom stereocenters. The van der Waals surface area contributed by atoms with E-state index in [2.05, 4.69) is 27.7 Å². The highest BCUT2D eigenvalue weighted by atomic mass is 32.2. The van der Waals surface area contributed by atoms with Crippen LogP contribution < -0.4 is 0 Å². The highest BCUT2D eigenvalue weighted by Crippen LogP contribution is 2.66. The molecule has 0 amide bonds. The zero-order chi connectivity index (χ0) is 12.7. The average Bonchev–Trinajstić information content (AvgIpc) is 2.59. The molecule has 0 N–H and O–H groups in total. The highest BCUT2D eigenvalue weighted by molar-refractivity contribution is 8.22. The number of thiocarbonyl (C=S) groups is 1. The number of rotatable bonds is 3. The summed E-state index contributed by atoms with van der Waals surface area (Å²) in [6.45, 7) is 9.40. The Morgan fingerprint density at radius 2 is 2.12 bits per heavy atom. The van der Waals surface area contributed by atoms with Gasteiger partial charge in [-0.15, -0.1) is 0 Å². The second kappa shape index (κ2) is 4.73. The quantitative estimate of drug-likeness (QED) is 0.692. The molecule has 0 aromatic heterocycles. The summed E-state index contributed by atoms with van der Waals surface area (Å²) >= 11 is 7.04. The van der Waals surface area contributed by atoms with Crippen molar-refractivity contribution in [2.24, 2.45) is 16.7 Å². The van der Waals surface area contributed by atoms with Crippen molar-refractivity contribution in [3.05, 3.63) is 0 Å². The Kier molecular flexibility index (Phi) is 3.80. The minimum atomic E-state index is 0.328. The number of hydrogen-bond acceptors (Lipinski definition) is 3. The summed E-state index contributed by atoms with van der Waals surface area (Å²) < 4.78 is 6.85. The lowest BCUT2D eigenvalue weighted by atomic mass is 9.70. The fraction of sp³-hybridized carbons (Fsp3) is 0.929. The van der Waals surface area contributed by atoms with Crippen molar-refractivity contribution < 1.29 is 4.74 Å². The number of thioether (sulfide) groups is 1. The van der Waals surface area contributed by atoms with Gasteiger partial charge in [0.25, 0.3) is 0 Å². The lowest BCUT2D eigenvalue weighted by Gasteiger charge is -2.38. The standard InChI is InChI=1S/C14H24OS2/c1-5-8-17-12(16)15-11-9-10-6-7-14(11,4)13(10,2)3/h10-11H,5-9H2,1-4H3/t10-,11+,14+/m1/s1. The van der Waals surface area contributed by atoms with E-state index in [1.165, 1.54) is 19.3 Å². The van der Waals surface area contributed by atoms with Crippen LogP contribution in [0, 0.1) is 16.7 Å². The van der Waals surface area contributed by atoms with E-state index < -0.39 is 0 Å². The van der Waals surface area contributed by atoms with Crippen molar-refractivity contribution in [2.45, 2.75) is 59.5 Å². The number of hydrogen-bond donors (Lipinski definition) is 0. The first-order valence-corrected chi connectivity index (χ1v) is 8.14. The maximum Gasteiger partial charge on any atom is 0.220 e. The summed E-state index contributed by atoms with van der Waals surface area (Å²) in [7, 11) is 0. The summed E-state index contributed by atoms with van der Waals surface area (Å²) in [5.74, 6) is 1.91. The second-order valence-corrected chi connectivity index (χ2v) is 8.01. The molecule has 3 heteroatoms. The van der Waals surface area contributed by atoms with Crippen LogP contribution in [-0.2, 0) is 4.74 Å². The van der Waals surface area contributed by atoms with Crippen LogP contribution >= 0.6 is 24.0 Å². The highest BCUT2D eigenvalue weighted by Gasteiger charge is 2.62. The molecular formula is C14H24OS2. The van der Waals surface area contributed by atoms with Gasteiger partial charge in [0.05, 0.1) is 0 Å². The molecule has 0 aromatic carbocycles. The Morgan fingerprint density at radius 3 is 2.59 bits per heavy atom. The molecule has 3 atom stereocenters. The van der Waals surface area contributed by atoms with Gasteiger partial charge < -0.3 is 4.74 Å². The van der Waals surface area contributed by atoms with Crippen LogP contribution in [0.25, 0.3) is 0 Å². The Hall–Kier alpha value is 0.240. The van der Waals surface area contributed by atoms with Gasteiger partial charge in [0.1, 0.15) is 6.10 Å². The topological polar surface area (TPSA) is 9.23 Å². The summed E-state index contributed by atoms with van der Waals surface area (Å²) in [4.78, 5) is 0. The van der Waals surface area contributed by atoms with Gasteiger partial charge in [-0.1, -0.05) is 39.5 Å². The molecule has 0 spiro atoms. The molecule has 0 heterocycles. The summed E-state index contributed by atoms with van der Waals surface area (Å²) in [6.07, 6.45) is 5.39. The number of ether oxygens (including phenoxy) is 1. The molecule has 17 heavy (non-hydrogen) atoms. The average molecular weight is 272 g/mol. The fourth-order valence-electron chi connectivity index (χ4n) is 3.64. The summed E-state index contributed by atoms with van der Waals surface area (Å²) in [5, 5.41) is 0. The minimum absolute atomic E-state index is 0.328. The monoisotopic (exact) mass is 272 g/mol. The van der Waals surface area contributed by atoms with Crippen LogP contribution in [0.5, 0.6) is 0 Å². The van der Waals surface area contributed by atoms with Crippen molar-refractivity contribution in [3.8, 4) is 0 Å². The Labute approximate surface area is 115 Å². The zero-order valence-electron chi connectivity index (χ0n) is 11.4. The smallest absolute Gasteiger partial charge is 0.220 e. The summed E-state index contributed by atoms with van der Waals surface area (Å²) in [5.41, 5.74) is 0.747. The molecule has 0 radical (unpaired) electrons. The third-order valence-corrected chi connectivity index (χ3v) is 6.77. The van der Waals surface area contributed by atoms with Gasteiger partial charge in [-0.05, 0) is 49.2 Å². The van der Waals surface area contributed by atoms with Crippen LogP contribution in [0.3, 0.4) is 0 Å². The summed E-state index contributed by atoms with van der Waals surface area (Å²) in [6, 6.07) is 0. The van der Waals surface area contributed by atoms with Crippen molar-refractivity contribution >= 4 is 28.4 Å². The first-order valence-electron chi connectivity index (χ1n) is 6.75. The van der Waals surface area contributed by atoms with Gasteiger partial charge in [0, 0.05) is 11.2 Å². The molecule has 0 aliphatic heterocycles. The van der Waals surface area contributed by atoms with E-state index in [0.717, 1.165) is 22.5 Å². The number of fused-ring (bicyclic) bond motifs is 2. The molecule has 2 saturated carbocycles. The largest absolute Gasteiger partial charge is 0.475 e. The van der Waals surface area contributed by atoms with Crippen LogP contribution in [0.2, 0.25) is 0 Å². The molecule has 1 nitrogen and oxygen atoms in total. The van der Waals surface area contributed by atoms with Crippen LogP contribution in [0.1, 0.15) is 53.4 Å². The Bertz CT molecular complexity index is 313. The molecule has 2 aliphatic carbocycles. The molecule has 0 saturated heterocycles. The lowest BCUT2D eigenvalue weighted by molar-refractivity contribution is 0.0271. The van der Waals surface area contributed by atoms with Crippen LogP contribution in [0.15, 0.2) is 0 Å². The SMILES string of the molecule is CCCSC(=S)O[C@H]1C[C@H]2CC[C@]1(C)C2(C)C. The van der Waals surface area contributed by atoms with E-state index in [9.17, 15) is 0 Å². The van der Waals surface area contributed by atoms with Gasteiger partial charge in [0.2, 0.25) is 4.38 Å². The lowest BCUT2D eigenvalue weighted by Crippen LogP contribution is -2.37. The van der Waals surface area contributed by atoms with Crippen molar-refractivity contribution in [1.29, 1.82) is 0 Å². The van der Waals surface area contributed by atoms with Crippen molar-refractivity contribution in [2.75, 3.05) is 5.75 Å². The minimum Gasteiger partial charge on any atom is -0.475 e. The molecular weight excluding hydrogens is 248 g/mol. The van der Waals surface area contributed by atoms with E-state index in [4.69, 9.17) is 17.0 Å². The zero-order valence-corrected chi connectivity index (χ0v) is 13.0. The Balaban J connectivity index is 1.98. The molecule has 0 aromatic rings. The van der Waals surface area contributed by atoms with E-state index in [1.54, 1.807) is 11.8 Å². The van der Waals surface area contributed by atoms with Gasteiger partial charge in [-0.2, -0.15) is 0 Å². The van der Waals surface area contributed by atoms with Gasteiger partial charge in [-0.25, -0.2) is 0 Å². The van der Waals surface area contributed by atoms with Crippen LogP contribution in [-0.4, -0.2) is 16.2 Å². The predicted octanol–water partition coefficient (Wildman–Crippen LogP) is 4.65. The Morgan fingerprint density at radius 1 is 1.41 bits per heavy atom. The first-order chi connectivity index (χ1) is 7.91. The fourth-order valence-corrected chi connectivity index (χ4v) is 4.57. The van der Waals surface area contributed by atoms with E-state index in [0.29, 0.717) is 16.9 Å². The van der Waals surface area contributed by atoms with E-state index in [-0.39, 0.29) is 0 Å². The predicted molar refractivity (Wildman–Crippen MR) is 79.4 cm³/mol. The van der Waals surface area contributed by atoms with E-state index >= 15 is 0 Å². The van der Waals surface area contributed by atoms with Gasteiger partial charge >= 0.3 is 0 Å². The van der Waals surface area contributed by atoms with Crippen molar-refractivity contribution in [1.82, 2.24) is 0 Å². The molecule has 98 valence electrons. The maximum atomic E-state index is 6.08. The van der Waals surface area contributed by atoms with Gasteiger partial charge in [-0.3, -0.25) is 0 Å². The molecule has 2 bridgehead atoms. The maximum absolute atomic E-state index is 6.08. The third kappa shape index (κ3) is 2.14. The normalized spacial score (nSPS) is 38.4.